The molecular weight excluding hydrogens is 510 g/mol. The molecule has 202 valence electrons. The molecule has 2 aromatic rings. The Hall–Kier alpha value is -2.30. The third-order valence-electron chi connectivity index (χ3n) is 7.54. The van der Waals surface area contributed by atoms with Crippen LogP contribution < -0.4 is 4.90 Å². The van der Waals surface area contributed by atoms with Crippen LogP contribution in [0.5, 0.6) is 0 Å². The van der Waals surface area contributed by atoms with Crippen molar-refractivity contribution in [2.75, 3.05) is 18.0 Å². The van der Waals surface area contributed by atoms with Gasteiger partial charge < -0.3 is 10.0 Å². The van der Waals surface area contributed by atoms with Crippen molar-refractivity contribution in [1.82, 2.24) is 9.29 Å². The minimum absolute atomic E-state index is 0.0125. The molecule has 1 saturated carbocycles. The van der Waals surface area contributed by atoms with Crippen LogP contribution in [0.25, 0.3) is 0 Å². The number of sulfonamides is 1. The zero-order chi connectivity index (χ0) is 27.0. The second kappa shape index (κ2) is 10.8. The highest BCUT2D eigenvalue weighted by Gasteiger charge is 2.39. The van der Waals surface area contributed by atoms with Crippen LogP contribution in [0.4, 0.5) is 5.69 Å². The fourth-order valence-electron chi connectivity index (χ4n) is 5.25. The molecule has 1 N–H and O–H groups in total. The fraction of sp³-hybridized carbons (Fsp3) is 0.593. The average Bonchev–Trinajstić information content (AvgIpc) is 3.31. The van der Waals surface area contributed by atoms with E-state index in [1.807, 2.05) is 26.8 Å². The van der Waals surface area contributed by atoms with Crippen molar-refractivity contribution < 1.29 is 23.1 Å². The number of carbonyl (C=O) groups is 2. The van der Waals surface area contributed by atoms with Gasteiger partial charge in [0, 0.05) is 36.1 Å². The maximum atomic E-state index is 14.0. The number of carboxylic acid groups (broad SMARTS) is 1. The van der Waals surface area contributed by atoms with Crippen LogP contribution in [0, 0.1) is 11.8 Å². The van der Waals surface area contributed by atoms with Crippen molar-refractivity contribution in [1.29, 1.82) is 0 Å². The summed E-state index contributed by atoms with van der Waals surface area (Å²) in [6.07, 6.45) is 5.87. The smallest absolute Gasteiger partial charge is 0.348 e. The molecule has 2 aromatic heterocycles. The van der Waals surface area contributed by atoms with Crippen LogP contribution in [-0.2, 0) is 20.2 Å². The Balaban J connectivity index is 1.65. The summed E-state index contributed by atoms with van der Waals surface area (Å²) >= 11 is 1.23. The number of aromatic nitrogens is 1. The number of carbonyl (C=O) groups excluding carboxylic acids is 1. The molecule has 1 amide bonds. The maximum absolute atomic E-state index is 14.0. The lowest BCUT2D eigenvalue weighted by molar-refractivity contribution is -0.124. The molecule has 0 unspecified atom stereocenters. The van der Waals surface area contributed by atoms with Crippen LogP contribution in [0.1, 0.15) is 80.8 Å². The van der Waals surface area contributed by atoms with Gasteiger partial charge in [-0.3, -0.25) is 4.79 Å². The third kappa shape index (κ3) is 5.91. The average molecular weight is 548 g/mol. The van der Waals surface area contributed by atoms with E-state index in [0.29, 0.717) is 24.4 Å². The number of carboxylic acids is 1. The maximum Gasteiger partial charge on any atom is 0.348 e. The number of rotatable bonds is 6. The van der Waals surface area contributed by atoms with E-state index < -0.39 is 16.0 Å². The van der Waals surface area contributed by atoms with E-state index in [1.54, 1.807) is 17.0 Å². The van der Waals surface area contributed by atoms with Crippen LogP contribution in [0.15, 0.2) is 35.5 Å². The summed E-state index contributed by atoms with van der Waals surface area (Å²) in [4.78, 5) is 33.2. The number of hydrogen-bond donors (Lipinski definition) is 1. The van der Waals surface area contributed by atoms with Crippen LogP contribution in [-0.4, -0.2) is 53.8 Å². The molecule has 10 heteroatoms. The standard InChI is InChI=1S/C27H37N3O5S2/c1-18-8-10-19(11-9-18)25(31)30(21-17-22(27(2,3)4)36-24(21)26(32)33)20-12-15-29(16-13-20)37(34,35)23-7-5-6-14-28-23/h5-7,14,17-20H,8-13,15-16H2,1-4H3,(H,32,33). The summed E-state index contributed by atoms with van der Waals surface area (Å²) in [6.45, 7) is 8.78. The van der Waals surface area contributed by atoms with Crippen molar-refractivity contribution in [2.45, 2.75) is 82.7 Å². The second-order valence-corrected chi connectivity index (χ2v) is 14.3. The first kappa shape index (κ1) is 27.7. The Kier molecular flexibility index (Phi) is 8.11. The number of amides is 1. The lowest BCUT2D eigenvalue weighted by Crippen LogP contribution is -2.51. The molecule has 37 heavy (non-hydrogen) atoms. The highest BCUT2D eigenvalue weighted by atomic mass is 32.2. The van der Waals surface area contributed by atoms with Gasteiger partial charge in [-0.05, 0) is 68.1 Å². The first-order valence-corrected chi connectivity index (χ1v) is 15.3. The van der Waals surface area contributed by atoms with E-state index in [2.05, 4.69) is 11.9 Å². The summed E-state index contributed by atoms with van der Waals surface area (Å²) in [5, 5.41) is 10.1. The quantitative estimate of drug-likeness (QED) is 0.536. The number of nitrogens with zero attached hydrogens (tertiary/aromatic N) is 3. The number of thiophene rings is 1. The van der Waals surface area contributed by atoms with Crippen molar-refractivity contribution in [3.63, 3.8) is 0 Å². The largest absolute Gasteiger partial charge is 0.477 e. The Bertz CT molecular complexity index is 1220. The van der Waals surface area contributed by atoms with Crippen molar-refractivity contribution in [2.24, 2.45) is 11.8 Å². The van der Waals surface area contributed by atoms with Gasteiger partial charge in [-0.15, -0.1) is 11.3 Å². The van der Waals surface area contributed by atoms with Crippen molar-refractivity contribution in [3.05, 3.63) is 40.2 Å². The van der Waals surface area contributed by atoms with Crippen molar-refractivity contribution in [3.8, 4) is 0 Å². The van der Waals surface area contributed by atoms with E-state index in [1.165, 1.54) is 27.9 Å². The van der Waals surface area contributed by atoms with E-state index >= 15 is 0 Å². The molecule has 0 aromatic carbocycles. The van der Waals surface area contributed by atoms with Crippen LogP contribution in [0.2, 0.25) is 0 Å². The predicted octanol–water partition coefficient (Wildman–Crippen LogP) is 5.15. The zero-order valence-electron chi connectivity index (χ0n) is 22.0. The molecule has 0 spiro atoms. The Labute approximate surface area is 223 Å². The second-order valence-electron chi connectivity index (χ2n) is 11.3. The Morgan fingerprint density at radius 1 is 1.08 bits per heavy atom. The molecule has 1 aliphatic heterocycles. The minimum Gasteiger partial charge on any atom is -0.477 e. The lowest BCUT2D eigenvalue weighted by Gasteiger charge is -2.40. The van der Waals surface area contributed by atoms with Crippen molar-refractivity contribution >= 4 is 38.9 Å². The molecule has 0 bridgehead atoms. The Morgan fingerprint density at radius 3 is 2.27 bits per heavy atom. The minimum atomic E-state index is -3.73. The normalized spacial score (nSPS) is 22.1. The van der Waals surface area contributed by atoms with Gasteiger partial charge in [0.05, 0.1) is 5.69 Å². The Morgan fingerprint density at radius 2 is 1.73 bits per heavy atom. The summed E-state index contributed by atoms with van der Waals surface area (Å²) in [5.74, 6) is -0.633. The molecule has 2 aliphatic rings. The van der Waals surface area contributed by atoms with Gasteiger partial charge in [-0.1, -0.05) is 33.8 Å². The van der Waals surface area contributed by atoms with Gasteiger partial charge in [0.25, 0.3) is 10.0 Å². The summed E-state index contributed by atoms with van der Waals surface area (Å²) in [7, 11) is -3.73. The highest BCUT2D eigenvalue weighted by Crippen LogP contribution is 2.41. The molecular formula is C27H37N3O5S2. The topological polar surface area (TPSA) is 108 Å². The third-order valence-corrected chi connectivity index (χ3v) is 10.9. The van der Waals surface area contributed by atoms with Gasteiger partial charge in [0.2, 0.25) is 5.91 Å². The fourth-order valence-corrected chi connectivity index (χ4v) is 7.70. The van der Waals surface area contributed by atoms with E-state index in [4.69, 9.17) is 0 Å². The van der Waals surface area contributed by atoms with E-state index in [-0.39, 0.29) is 46.3 Å². The first-order valence-electron chi connectivity index (χ1n) is 13.0. The van der Waals surface area contributed by atoms with Gasteiger partial charge in [0.15, 0.2) is 5.03 Å². The zero-order valence-corrected chi connectivity index (χ0v) is 23.6. The van der Waals surface area contributed by atoms with Gasteiger partial charge in [0.1, 0.15) is 4.88 Å². The monoisotopic (exact) mass is 547 g/mol. The van der Waals surface area contributed by atoms with Gasteiger partial charge in [-0.2, -0.15) is 4.31 Å². The van der Waals surface area contributed by atoms with Gasteiger partial charge in [-0.25, -0.2) is 18.2 Å². The number of aromatic carboxylic acids is 1. The molecule has 8 nitrogen and oxygen atoms in total. The van der Waals surface area contributed by atoms with Gasteiger partial charge >= 0.3 is 5.97 Å². The molecule has 1 aliphatic carbocycles. The summed E-state index contributed by atoms with van der Waals surface area (Å²) < 4.78 is 27.6. The predicted molar refractivity (Wildman–Crippen MR) is 145 cm³/mol. The molecule has 0 radical (unpaired) electrons. The van der Waals surface area contributed by atoms with E-state index in [0.717, 1.165) is 30.6 Å². The number of pyridine rings is 1. The lowest BCUT2D eigenvalue weighted by atomic mass is 9.82. The number of anilines is 1. The van der Waals surface area contributed by atoms with Crippen LogP contribution in [0.3, 0.4) is 0 Å². The first-order chi connectivity index (χ1) is 17.4. The van der Waals surface area contributed by atoms with Crippen LogP contribution >= 0.6 is 11.3 Å². The molecule has 0 atom stereocenters. The molecule has 4 rings (SSSR count). The molecule has 1 saturated heterocycles. The molecule has 2 fully saturated rings. The number of piperidine rings is 1. The summed E-state index contributed by atoms with van der Waals surface area (Å²) in [5.41, 5.74) is 0.194. The van der Waals surface area contributed by atoms with E-state index in [9.17, 15) is 23.1 Å². The highest BCUT2D eigenvalue weighted by molar-refractivity contribution is 7.89. The summed E-state index contributed by atoms with van der Waals surface area (Å²) in [6, 6.07) is 6.40. The number of hydrogen-bond acceptors (Lipinski definition) is 6. The molecule has 3 heterocycles. The SMILES string of the molecule is CC1CCC(C(=O)N(c2cc(C(C)(C)C)sc2C(=O)O)C2CCN(S(=O)(=O)c3ccccn3)CC2)CC1.